The molecule has 0 saturated carbocycles. The second kappa shape index (κ2) is 13.6. The van der Waals surface area contributed by atoms with Crippen molar-refractivity contribution in [1.29, 1.82) is 0 Å². The molecular formula is C28H28ClFN2O7. The summed E-state index contributed by atoms with van der Waals surface area (Å²) in [5, 5.41) is 2.71. The first kappa shape index (κ1) is 29.4. The van der Waals surface area contributed by atoms with Crippen LogP contribution >= 0.6 is 11.6 Å². The van der Waals surface area contributed by atoms with E-state index in [2.05, 4.69) is 10.3 Å². The number of carbonyl (C=O) groups excluding carboxylic acids is 3. The quantitative estimate of drug-likeness (QED) is 0.325. The first-order valence-electron chi connectivity index (χ1n) is 12.0. The lowest BCUT2D eigenvalue weighted by Crippen LogP contribution is -2.43. The number of rotatable bonds is 11. The number of ether oxygens (including phenoxy) is 4. The number of nitrogens with zero attached hydrogens (tertiary/aromatic N) is 1. The summed E-state index contributed by atoms with van der Waals surface area (Å²) < 4.78 is 35.9. The Morgan fingerprint density at radius 3 is 2.44 bits per heavy atom. The lowest BCUT2D eigenvalue weighted by Gasteiger charge is -2.27. The van der Waals surface area contributed by atoms with Crippen molar-refractivity contribution >= 4 is 29.4 Å². The van der Waals surface area contributed by atoms with Crippen LogP contribution in [0.4, 0.5) is 4.39 Å². The SMILES string of the molecule is CC[C@H](NC(=O)c1nccc(OC)c1OC(C)=O)C(=O)O[C@@H](C)[C@H](Oc1cc(F)cc(Cl)c1)c1ccccc1. The number of pyridine rings is 1. The third-order valence-electron chi connectivity index (χ3n) is 5.50. The Balaban J connectivity index is 1.80. The molecule has 0 aliphatic rings. The molecule has 3 rings (SSSR count). The Labute approximate surface area is 230 Å². The minimum Gasteiger partial charge on any atom is -0.493 e. The minimum absolute atomic E-state index is 0.120. The normalized spacial score (nSPS) is 13.0. The van der Waals surface area contributed by atoms with Crippen LogP contribution < -0.4 is 19.5 Å². The molecule has 0 fully saturated rings. The summed E-state index contributed by atoms with van der Waals surface area (Å²) in [5.74, 6) is -2.67. The van der Waals surface area contributed by atoms with Gasteiger partial charge < -0.3 is 24.3 Å². The Morgan fingerprint density at radius 1 is 1.10 bits per heavy atom. The molecule has 1 amide bonds. The van der Waals surface area contributed by atoms with E-state index in [1.54, 1.807) is 38.1 Å². The highest BCUT2D eigenvalue weighted by Gasteiger charge is 2.30. The summed E-state index contributed by atoms with van der Waals surface area (Å²) in [6, 6.07) is 13.1. The number of nitrogens with one attached hydrogen (secondary N) is 1. The molecule has 1 N–H and O–H groups in total. The van der Waals surface area contributed by atoms with Crippen LogP contribution in [0, 0.1) is 5.82 Å². The van der Waals surface area contributed by atoms with E-state index in [1.165, 1.54) is 38.4 Å². The van der Waals surface area contributed by atoms with E-state index in [0.29, 0.717) is 5.56 Å². The summed E-state index contributed by atoms with van der Waals surface area (Å²) in [6.07, 6.45) is -0.195. The maximum absolute atomic E-state index is 13.9. The third-order valence-corrected chi connectivity index (χ3v) is 5.72. The zero-order valence-electron chi connectivity index (χ0n) is 21.8. The molecule has 1 heterocycles. The highest BCUT2D eigenvalue weighted by atomic mass is 35.5. The van der Waals surface area contributed by atoms with Crippen molar-refractivity contribution in [3.05, 3.63) is 82.9 Å². The molecule has 0 aliphatic heterocycles. The largest absolute Gasteiger partial charge is 0.493 e. The highest BCUT2D eigenvalue weighted by molar-refractivity contribution is 6.30. The maximum atomic E-state index is 13.9. The van der Waals surface area contributed by atoms with Crippen LogP contribution in [0.2, 0.25) is 5.02 Å². The highest BCUT2D eigenvalue weighted by Crippen LogP contribution is 2.31. The maximum Gasteiger partial charge on any atom is 0.329 e. The number of amides is 1. The van der Waals surface area contributed by atoms with Crippen LogP contribution in [0.25, 0.3) is 0 Å². The van der Waals surface area contributed by atoms with E-state index < -0.39 is 41.9 Å². The standard InChI is InChI=1S/C28H28ClFN2O7/c1-5-22(32-27(34)24-26(38-17(3)33)23(36-4)11-12-31-24)28(35)37-16(2)25(18-9-7-6-8-10-18)39-21-14-19(29)13-20(30)15-21/h6-16,22,25H,5H2,1-4H3,(H,32,34)/t16-,22-,25-/m0/s1. The zero-order valence-corrected chi connectivity index (χ0v) is 22.5. The molecule has 0 bridgehead atoms. The van der Waals surface area contributed by atoms with E-state index in [4.69, 9.17) is 30.5 Å². The molecule has 9 nitrogen and oxygen atoms in total. The minimum atomic E-state index is -1.07. The van der Waals surface area contributed by atoms with Gasteiger partial charge in [-0.3, -0.25) is 9.59 Å². The van der Waals surface area contributed by atoms with E-state index in [-0.39, 0.29) is 34.4 Å². The molecule has 0 aliphatic carbocycles. The molecule has 0 unspecified atom stereocenters. The monoisotopic (exact) mass is 558 g/mol. The predicted octanol–water partition coefficient (Wildman–Crippen LogP) is 5.07. The van der Waals surface area contributed by atoms with Gasteiger partial charge in [0.25, 0.3) is 5.91 Å². The van der Waals surface area contributed by atoms with Crippen LogP contribution in [0.3, 0.4) is 0 Å². The Morgan fingerprint density at radius 2 is 1.82 bits per heavy atom. The van der Waals surface area contributed by atoms with Gasteiger partial charge in [-0.15, -0.1) is 0 Å². The topological polar surface area (TPSA) is 113 Å². The number of hydrogen-bond donors (Lipinski definition) is 1. The zero-order chi connectivity index (χ0) is 28.5. The van der Waals surface area contributed by atoms with Gasteiger partial charge in [-0.2, -0.15) is 0 Å². The number of esters is 2. The van der Waals surface area contributed by atoms with Gasteiger partial charge in [0.2, 0.25) is 5.75 Å². The van der Waals surface area contributed by atoms with Crippen molar-refractivity contribution in [3.63, 3.8) is 0 Å². The van der Waals surface area contributed by atoms with Crippen molar-refractivity contribution in [3.8, 4) is 17.2 Å². The first-order valence-corrected chi connectivity index (χ1v) is 12.4. The van der Waals surface area contributed by atoms with Crippen molar-refractivity contribution in [2.45, 2.75) is 45.4 Å². The predicted molar refractivity (Wildman–Crippen MR) is 140 cm³/mol. The average molecular weight is 559 g/mol. The molecular weight excluding hydrogens is 531 g/mol. The van der Waals surface area contributed by atoms with Crippen molar-refractivity contribution in [1.82, 2.24) is 10.3 Å². The Hall–Kier alpha value is -4.18. The fourth-order valence-corrected chi connectivity index (χ4v) is 3.91. The van der Waals surface area contributed by atoms with Gasteiger partial charge in [-0.1, -0.05) is 48.9 Å². The number of carbonyl (C=O) groups is 3. The molecule has 11 heteroatoms. The lowest BCUT2D eigenvalue weighted by molar-refractivity contribution is -0.155. The number of benzene rings is 2. The summed E-state index contributed by atoms with van der Waals surface area (Å²) >= 11 is 5.97. The second-order valence-electron chi connectivity index (χ2n) is 8.42. The third kappa shape index (κ3) is 7.90. The molecule has 0 radical (unpaired) electrons. The number of methoxy groups -OCH3 is 1. The van der Waals surface area contributed by atoms with Crippen LogP contribution in [0.15, 0.2) is 60.8 Å². The molecule has 0 saturated heterocycles. The second-order valence-corrected chi connectivity index (χ2v) is 8.85. The van der Waals surface area contributed by atoms with E-state index >= 15 is 0 Å². The summed E-state index contributed by atoms with van der Waals surface area (Å²) in [4.78, 5) is 41.7. The van der Waals surface area contributed by atoms with Crippen molar-refractivity contribution in [2.24, 2.45) is 0 Å². The molecule has 39 heavy (non-hydrogen) atoms. The van der Waals surface area contributed by atoms with Gasteiger partial charge >= 0.3 is 11.9 Å². The molecule has 1 aromatic heterocycles. The van der Waals surface area contributed by atoms with Gasteiger partial charge in [-0.05, 0) is 31.0 Å². The molecule has 2 aromatic carbocycles. The fraction of sp³-hybridized carbons (Fsp3) is 0.286. The van der Waals surface area contributed by atoms with E-state index in [1.807, 2.05) is 6.07 Å². The molecule has 3 atom stereocenters. The summed E-state index contributed by atoms with van der Waals surface area (Å²) in [7, 11) is 1.35. The van der Waals surface area contributed by atoms with E-state index in [0.717, 1.165) is 6.07 Å². The Kier molecular flexibility index (Phi) is 10.2. The van der Waals surface area contributed by atoms with Gasteiger partial charge in [-0.25, -0.2) is 14.2 Å². The molecule has 206 valence electrons. The summed E-state index contributed by atoms with van der Waals surface area (Å²) in [5.41, 5.74) is 0.430. The van der Waals surface area contributed by atoms with Crippen molar-refractivity contribution in [2.75, 3.05) is 7.11 Å². The van der Waals surface area contributed by atoms with Crippen LogP contribution in [-0.4, -0.2) is 42.1 Å². The van der Waals surface area contributed by atoms with Crippen LogP contribution in [0.1, 0.15) is 49.3 Å². The average Bonchev–Trinajstić information content (AvgIpc) is 2.89. The summed E-state index contributed by atoms with van der Waals surface area (Å²) in [6.45, 7) is 4.47. The Bertz CT molecular complexity index is 1300. The fourth-order valence-electron chi connectivity index (χ4n) is 3.70. The van der Waals surface area contributed by atoms with Gasteiger partial charge in [0.05, 0.1) is 7.11 Å². The molecule has 3 aromatic rings. The number of halogens is 2. The van der Waals surface area contributed by atoms with Crippen molar-refractivity contribution < 1.29 is 37.7 Å². The molecule has 0 spiro atoms. The van der Waals surface area contributed by atoms with E-state index in [9.17, 15) is 18.8 Å². The number of hydrogen-bond acceptors (Lipinski definition) is 8. The van der Waals surface area contributed by atoms with Gasteiger partial charge in [0.15, 0.2) is 17.5 Å². The van der Waals surface area contributed by atoms with Gasteiger partial charge in [0, 0.05) is 30.3 Å². The number of aromatic nitrogens is 1. The lowest BCUT2D eigenvalue weighted by atomic mass is 10.0. The first-order chi connectivity index (χ1) is 18.6. The van der Waals surface area contributed by atoms with Gasteiger partial charge in [0.1, 0.15) is 23.7 Å². The smallest absolute Gasteiger partial charge is 0.329 e. The van der Waals surface area contributed by atoms with Crippen LogP contribution in [-0.2, 0) is 14.3 Å². The van der Waals surface area contributed by atoms with Crippen LogP contribution in [0.5, 0.6) is 17.2 Å².